The summed E-state index contributed by atoms with van der Waals surface area (Å²) in [5, 5.41) is 18.3. The Bertz CT molecular complexity index is 1080. The van der Waals surface area contributed by atoms with Gasteiger partial charge in [-0.05, 0) is 55.0 Å². The molecular formula is C24H28N4O2. The van der Waals surface area contributed by atoms with Gasteiger partial charge in [-0.2, -0.15) is 0 Å². The number of amides is 1. The summed E-state index contributed by atoms with van der Waals surface area (Å²) in [5.74, 6) is 0.00836. The number of rotatable bonds is 6. The summed E-state index contributed by atoms with van der Waals surface area (Å²) < 4.78 is 1.69. The van der Waals surface area contributed by atoms with Gasteiger partial charge in [-0.25, -0.2) is 0 Å². The fourth-order valence-electron chi connectivity index (χ4n) is 4.10. The van der Waals surface area contributed by atoms with Crippen LogP contribution in [0.25, 0.3) is 11.3 Å². The molecule has 0 atom stereocenters. The lowest BCUT2D eigenvalue weighted by atomic mass is 9.93. The van der Waals surface area contributed by atoms with Gasteiger partial charge in [0.15, 0.2) is 0 Å². The molecule has 30 heavy (non-hydrogen) atoms. The Morgan fingerprint density at radius 1 is 1.13 bits per heavy atom. The Kier molecular flexibility index (Phi) is 5.20. The summed E-state index contributed by atoms with van der Waals surface area (Å²) in [7, 11) is 1.86. The molecule has 0 unspecified atom stereocenters. The number of aliphatic hydroxyl groups is 1. The Labute approximate surface area is 177 Å². The number of carbonyl (C=O) groups is 1. The van der Waals surface area contributed by atoms with Crippen LogP contribution in [0.3, 0.4) is 0 Å². The predicted molar refractivity (Wildman–Crippen MR) is 116 cm³/mol. The lowest BCUT2D eigenvalue weighted by molar-refractivity contribution is 0.0314. The smallest absolute Gasteiger partial charge is 0.254 e. The van der Waals surface area contributed by atoms with Gasteiger partial charge in [-0.15, -0.1) is 5.10 Å². The summed E-state index contributed by atoms with van der Waals surface area (Å²) in [6.45, 7) is 6.51. The quantitative estimate of drug-likeness (QED) is 0.684. The normalized spacial score (nSPS) is 13.8. The van der Waals surface area contributed by atoms with Crippen LogP contribution in [0.15, 0.2) is 42.6 Å². The van der Waals surface area contributed by atoms with Crippen molar-refractivity contribution in [2.45, 2.75) is 45.8 Å². The second kappa shape index (κ2) is 7.69. The number of fused-ring (bicyclic) bond motifs is 1. The summed E-state index contributed by atoms with van der Waals surface area (Å²) in [6, 6.07) is 12.6. The van der Waals surface area contributed by atoms with E-state index in [9.17, 15) is 9.90 Å². The van der Waals surface area contributed by atoms with Crippen molar-refractivity contribution in [1.29, 1.82) is 0 Å². The topological polar surface area (TPSA) is 71.2 Å². The van der Waals surface area contributed by atoms with Crippen LogP contribution in [0, 0.1) is 0 Å². The second-order valence-corrected chi connectivity index (χ2v) is 8.76. The van der Waals surface area contributed by atoms with Gasteiger partial charge in [0, 0.05) is 31.3 Å². The van der Waals surface area contributed by atoms with E-state index in [0.29, 0.717) is 13.1 Å². The monoisotopic (exact) mass is 404 g/mol. The number of hydrogen-bond donors (Lipinski definition) is 1. The van der Waals surface area contributed by atoms with Crippen LogP contribution < -0.4 is 0 Å². The third kappa shape index (κ3) is 4.14. The maximum Gasteiger partial charge on any atom is 0.254 e. The molecule has 0 fully saturated rings. The highest BCUT2D eigenvalue weighted by molar-refractivity contribution is 5.98. The van der Waals surface area contributed by atoms with Crippen LogP contribution in [0.2, 0.25) is 0 Å². The van der Waals surface area contributed by atoms with Gasteiger partial charge in [0.05, 0.1) is 11.8 Å². The van der Waals surface area contributed by atoms with Crippen molar-refractivity contribution in [3.63, 3.8) is 0 Å². The number of carbonyl (C=O) groups excluding carboxylic acids is 1. The molecular weight excluding hydrogens is 376 g/mol. The van der Waals surface area contributed by atoms with E-state index in [-0.39, 0.29) is 5.91 Å². The molecule has 6 heteroatoms. The first-order valence-electron chi connectivity index (χ1n) is 10.4. The van der Waals surface area contributed by atoms with Gasteiger partial charge >= 0.3 is 0 Å². The molecule has 2 aromatic carbocycles. The molecule has 0 radical (unpaired) electrons. The number of aryl methyl sites for hydroxylation is 2. The van der Waals surface area contributed by atoms with E-state index in [0.717, 1.165) is 35.2 Å². The van der Waals surface area contributed by atoms with E-state index < -0.39 is 5.60 Å². The molecule has 1 aliphatic heterocycles. The Morgan fingerprint density at radius 2 is 1.87 bits per heavy atom. The van der Waals surface area contributed by atoms with E-state index in [4.69, 9.17) is 0 Å². The van der Waals surface area contributed by atoms with Crippen molar-refractivity contribution in [3.8, 4) is 11.3 Å². The Hall–Kier alpha value is -2.99. The van der Waals surface area contributed by atoms with Crippen LogP contribution in [0.4, 0.5) is 0 Å². The average Bonchev–Trinajstić information content (AvgIpc) is 3.24. The molecule has 1 N–H and O–H groups in total. The van der Waals surface area contributed by atoms with E-state index >= 15 is 0 Å². The molecule has 0 aliphatic carbocycles. The molecule has 3 aromatic rings. The van der Waals surface area contributed by atoms with Gasteiger partial charge in [-0.1, -0.05) is 42.5 Å². The summed E-state index contributed by atoms with van der Waals surface area (Å²) in [4.78, 5) is 14.6. The van der Waals surface area contributed by atoms with Gasteiger partial charge < -0.3 is 10.0 Å². The third-order valence-corrected chi connectivity index (χ3v) is 5.51. The average molecular weight is 405 g/mol. The maximum atomic E-state index is 12.9. The third-order valence-electron chi connectivity index (χ3n) is 5.51. The van der Waals surface area contributed by atoms with Crippen LogP contribution in [-0.4, -0.2) is 43.1 Å². The molecule has 0 saturated carbocycles. The lowest BCUT2D eigenvalue weighted by Gasteiger charge is -2.24. The largest absolute Gasteiger partial charge is 0.389 e. The molecule has 0 bridgehead atoms. The van der Waals surface area contributed by atoms with Crippen LogP contribution >= 0.6 is 0 Å². The minimum absolute atomic E-state index is 0.00836. The first-order chi connectivity index (χ1) is 14.2. The zero-order valence-corrected chi connectivity index (χ0v) is 18.0. The number of nitrogens with zero attached hydrogens (tertiary/aromatic N) is 4. The molecule has 156 valence electrons. The first-order valence-corrected chi connectivity index (χ1v) is 10.4. The molecule has 4 rings (SSSR count). The number of benzene rings is 2. The number of β-amino-alcohol motifs (C(OH)–C–C–N with tert-alkyl or cyclic N) is 1. The van der Waals surface area contributed by atoms with E-state index in [1.54, 1.807) is 23.4 Å². The van der Waals surface area contributed by atoms with Crippen LogP contribution in [-0.2, 0) is 26.4 Å². The highest BCUT2D eigenvalue weighted by atomic mass is 16.3. The van der Waals surface area contributed by atoms with Crippen molar-refractivity contribution in [3.05, 3.63) is 70.4 Å². The van der Waals surface area contributed by atoms with Crippen molar-refractivity contribution in [2.75, 3.05) is 6.54 Å². The zero-order valence-electron chi connectivity index (χ0n) is 18.0. The molecule has 0 spiro atoms. The van der Waals surface area contributed by atoms with Gasteiger partial charge in [-0.3, -0.25) is 9.48 Å². The van der Waals surface area contributed by atoms with Crippen LogP contribution in [0.1, 0.15) is 53.4 Å². The highest BCUT2D eigenvalue weighted by Crippen LogP contribution is 2.29. The van der Waals surface area contributed by atoms with Crippen molar-refractivity contribution in [1.82, 2.24) is 19.9 Å². The Morgan fingerprint density at radius 3 is 2.47 bits per heavy atom. The van der Waals surface area contributed by atoms with E-state index in [2.05, 4.69) is 53.6 Å². The van der Waals surface area contributed by atoms with E-state index in [1.165, 1.54) is 16.7 Å². The number of hydrogen-bond acceptors (Lipinski definition) is 4. The molecule has 1 amide bonds. The zero-order chi connectivity index (χ0) is 21.5. The second-order valence-electron chi connectivity index (χ2n) is 8.76. The van der Waals surface area contributed by atoms with Crippen molar-refractivity contribution < 1.29 is 9.90 Å². The molecule has 0 saturated heterocycles. The maximum absolute atomic E-state index is 12.9. The standard InChI is InChI=1S/C24H28N4O2/c1-5-17-11-20-13-28(15-24(2,3)30)23(29)21(20)12-19(17)10-16-6-8-18(9-7-16)22-14-27(4)26-25-22/h6-9,11-12,14,30H,5,10,13,15H2,1-4H3. The van der Waals surface area contributed by atoms with E-state index in [1.807, 2.05) is 13.2 Å². The molecule has 2 heterocycles. The number of aromatic nitrogens is 3. The summed E-state index contributed by atoms with van der Waals surface area (Å²) in [6.07, 6.45) is 3.59. The molecule has 6 nitrogen and oxygen atoms in total. The summed E-state index contributed by atoms with van der Waals surface area (Å²) in [5.41, 5.74) is 6.45. The lowest BCUT2D eigenvalue weighted by Crippen LogP contribution is -2.38. The van der Waals surface area contributed by atoms with Gasteiger partial charge in [0.25, 0.3) is 5.91 Å². The minimum atomic E-state index is -0.904. The van der Waals surface area contributed by atoms with Gasteiger partial charge in [0.2, 0.25) is 0 Å². The highest BCUT2D eigenvalue weighted by Gasteiger charge is 2.31. The molecule has 1 aromatic heterocycles. The molecule has 1 aliphatic rings. The van der Waals surface area contributed by atoms with Crippen LogP contribution in [0.5, 0.6) is 0 Å². The van der Waals surface area contributed by atoms with Crippen molar-refractivity contribution >= 4 is 5.91 Å². The summed E-state index contributed by atoms with van der Waals surface area (Å²) >= 11 is 0. The minimum Gasteiger partial charge on any atom is -0.389 e. The van der Waals surface area contributed by atoms with Gasteiger partial charge in [0.1, 0.15) is 5.69 Å². The SMILES string of the molecule is CCc1cc2c(cc1Cc1ccc(-c3cn(C)nn3)cc1)C(=O)N(CC(C)(C)O)C2. The first kappa shape index (κ1) is 20.3. The predicted octanol–water partition coefficient (Wildman–Crippen LogP) is 3.36. The fraction of sp³-hybridized carbons (Fsp3) is 0.375. The Balaban J connectivity index is 1.58. The van der Waals surface area contributed by atoms with Crippen molar-refractivity contribution in [2.24, 2.45) is 7.05 Å². The fourth-order valence-corrected chi connectivity index (χ4v) is 4.10.